The van der Waals surface area contributed by atoms with Crippen LogP contribution in [-0.4, -0.2) is 42.4 Å². The number of nitrogens with one attached hydrogen (secondary N) is 1. The Kier molecular flexibility index (Phi) is 8.14. The number of hydrogen-bond donors (Lipinski definition) is 1. The SMILES string of the molecule is O=C(CS(=O)(=O)c1ccc(C(F)(F)F)cc1[N+](=O)[O-])Nc1ccccc1SC(F)(F)C(F)(F)C(F)(F)F. The number of carbonyl (C=O) groups is 1. The van der Waals surface area contributed by atoms with E-state index in [0.29, 0.717) is 6.07 Å². The van der Waals surface area contributed by atoms with Crippen molar-refractivity contribution in [2.75, 3.05) is 11.1 Å². The summed E-state index contributed by atoms with van der Waals surface area (Å²) >= 11 is -1.29. The molecule has 0 fully saturated rings. The molecule has 1 N–H and O–H groups in total. The molecule has 0 aliphatic heterocycles. The minimum absolute atomic E-state index is 0.0976. The molecule has 2 aromatic rings. The summed E-state index contributed by atoms with van der Waals surface area (Å²) in [6.45, 7) is 0. The lowest BCUT2D eigenvalue weighted by atomic mass is 10.2. The molecular weight excluding hydrogens is 578 g/mol. The van der Waals surface area contributed by atoms with Gasteiger partial charge in [0.05, 0.1) is 16.2 Å². The van der Waals surface area contributed by atoms with E-state index in [9.17, 15) is 67.2 Å². The number of rotatable bonds is 8. The van der Waals surface area contributed by atoms with Gasteiger partial charge in [-0.1, -0.05) is 12.1 Å². The maximum Gasteiger partial charge on any atom is 0.460 e. The van der Waals surface area contributed by atoms with Crippen LogP contribution in [-0.2, 0) is 20.8 Å². The van der Waals surface area contributed by atoms with E-state index in [1.165, 1.54) is 0 Å². The van der Waals surface area contributed by atoms with Gasteiger partial charge in [-0.05, 0) is 36.0 Å². The Labute approximate surface area is 203 Å². The second-order valence-corrected chi connectivity index (χ2v) is 10.0. The van der Waals surface area contributed by atoms with Gasteiger partial charge in [0, 0.05) is 11.0 Å². The predicted octanol–water partition coefficient (Wildman–Crippen LogP) is 5.91. The van der Waals surface area contributed by atoms with Crippen molar-refractivity contribution in [1.29, 1.82) is 0 Å². The fourth-order valence-corrected chi connectivity index (χ4v) is 4.76. The largest absolute Gasteiger partial charge is 0.460 e. The van der Waals surface area contributed by atoms with Crippen LogP contribution in [0.1, 0.15) is 5.56 Å². The molecular formula is C18H10F10N2O5S2. The number of benzene rings is 2. The minimum Gasteiger partial charge on any atom is -0.324 e. The van der Waals surface area contributed by atoms with Crippen molar-refractivity contribution in [1.82, 2.24) is 0 Å². The quantitative estimate of drug-likeness (QED) is 0.178. The van der Waals surface area contributed by atoms with Gasteiger partial charge < -0.3 is 5.32 Å². The smallest absolute Gasteiger partial charge is 0.324 e. The van der Waals surface area contributed by atoms with Gasteiger partial charge in [-0.3, -0.25) is 14.9 Å². The molecule has 0 heterocycles. The molecule has 0 radical (unpaired) electrons. The summed E-state index contributed by atoms with van der Waals surface area (Å²) in [4.78, 5) is 19.5. The van der Waals surface area contributed by atoms with Crippen LogP contribution in [0.3, 0.4) is 0 Å². The molecule has 0 spiro atoms. The zero-order valence-electron chi connectivity index (χ0n) is 17.3. The van der Waals surface area contributed by atoms with E-state index >= 15 is 0 Å². The lowest BCUT2D eigenvalue weighted by molar-refractivity contribution is -0.388. The number of halogens is 10. The standard InChI is InChI=1S/C18H10F10N2O5S2/c19-15(20,21)9-5-6-13(11(7-9)30(32)33)37(34,35)8-14(31)29-10-3-1-2-4-12(10)36-18(27,28)16(22,23)17(24,25)26/h1-7H,8H2,(H,29,31). The van der Waals surface area contributed by atoms with Crippen LogP contribution in [0.2, 0.25) is 0 Å². The fourth-order valence-electron chi connectivity index (χ4n) is 2.56. The van der Waals surface area contributed by atoms with E-state index in [-0.39, 0.29) is 18.2 Å². The molecule has 2 rings (SSSR count). The van der Waals surface area contributed by atoms with Crippen molar-refractivity contribution < 1.29 is 62.0 Å². The molecule has 2 aromatic carbocycles. The summed E-state index contributed by atoms with van der Waals surface area (Å²) in [7, 11) is -5.05. The number of nitro benzene ring substituents is 1. The van der Waals surface area contributed by atoms with E-state index in [1.807, 2.05) is 0 Å². The van der Waals surface area contributed by atoms with Crippen LogP contribution in [0.4, 0.5) is 55.3 Å². The number of thioether (sulfide) groups is 1. The van der Waals surface area contributed by atoms with Gasteiger partial charge in [-0.2, -0.15) is 43.9 Å². The van der Waals surface area contributed by atoms with Crippen LogP contribution in [0.15, 0.2) is 52.3 Å². The third-order valence-electron chi connectivity index (χ3n) is 4.26. The minimum atomic E-state index is -6.65. The molecule has 0 aromatic heterocycles. The summed E-state index contributed by atoms with van der Waals surface area (Å²) in [5.74, 6) is -9.84. The summed E-state index contributed by atoms with van der Waals surface area (Å²) < 4.78 is 154. The molecule has 1 amide bonds. The van der Waals surface area contributed by atoms with Crippen molar-refractivity contribution >= 4 is 38.9 Å². The van der Waals surface area contributed by atoms with Crippen LogP contribution in [0.5, 0.6) is 0 Å². The maximum absolute atomic E-state index is 13.8. The highest BCUT2D eigenvalue weighted by Gasteiger charge is 2.73. The second-order valence-electron chi connectivity index (χ2n) is 6.93. The second kappa shape index (κ2) is 9.99. The van der Waals surface area contributed by atoms with Crippen LogP contribution < -0.4 is 5.32 Å². The Bertz CT molecular complexity index is 1310. The van der Waals surface area contributed by atoms with E-state index < -0.39 is 88.4 Å². The van der Waals surface area contributed by atoms with Gasteiger partial charge in [-0.25, -0.2) is 8.42 Å². The van der Waals surface area contributed by atoms with Crippen LogP contribution >= 0.6 is 11.8 Å². The highest BCUT2D eigenvalue weighted by molar-refractivity contribution is 8.00. The number of carbonyl (C=O) groups excluding carboxylic acids is 1. The van der Waals surface area contributed by atoms with Crippen molar-refractivity contribution in [3.63, 3.8) is 0 Å². The first-order valence-corrected chi connectivity index (χ1v) is 11.6. The molecule has 0 aliphatic carbocycles. The molecule has 0 bridgehead atoms. The molecule has 37 heavy (non-hydrogen) atoms. The number of anilines is 1. The average Bonchev–Trinajstić information content (AvgIpc) is 2.72. The number of sulfone groups is 1. The van der Waals surface area contributed by atoms with Gasteiger partial charge in [0.15, 0.2) is 9.84 Å². The molecule has 0 aliphatic rings. The van der Waals surface area contributed by atoms with Gasteiger partial charge >= 0.3 is 23.5 Å². The van der Waals surface area contributed by atoms with Gasteiger partial charge in [-0.15, -0.1) is 0 Å². The third-order valence-corrected chi connectivity index (χ3v) is 7.01. The van der Waals surface area contributed by atoms with Gasteiger partial charge in [0.1, 0.15) is 10.6 Å². The highest BCUT2D eigenvalue weighted by atomic mass is 32.2. The van der Waals surface area contributed by atoms with E-state index in [1.54, 1.807) is 5.32 Å². The fraction of sp³-hybridized carbons (Fsp3) is 0.278. The number of amides is 1. The number of alkyl halides is 10. The summed E-state index contributed by atoms with van der Waals surface area (Å²) in [6.07, 6.45) is -11.7. The Balaban J connectivity index is 2.34. The first-order valence-electron chi connectivity index (χ1n) is 9.09. The number of nitro groups is 1. The van der Waals surface area contributed by atoms with Gasteiger partial charge in [0.25, 0.3) is 5.69 Å². The molecule has 0 unspecified atom stereocenters. The first-order chi connectivity index (χ1) is 16.6. The summed E-state index contributed by atoms with van der Waals surface area (Å²) in [5.41, 5.74) is -3.94. The van der Waals surface area contributed by atoms with Crippen LogP contribution in [0, 0.1) is 10.1 Å². The number of nitrogens with zero attached hydrogens (tertiary/aromatic N) is 1. The third kappa shape index (κ3) is 6.62. The van der Waals surface area contributed by atoms with Crippen molar-refractivity contribution in [3.8, 4) is 0 Å². The monoisotopic (exact) mass is 588 g/mol. The number of para-hydroxylation sites is 1. The van der Waals surface area contributed by atoms with Crippen molar-refractivity contribution in [2.45, 2.75) is 33.3 Å². The summed E-state index contributed by atoms with van der Waals surface area (Å²) in [6, 6.07) is 3.58. The topological polar surface area (TPSA) is 106 Å². The molecule has 0 atom stereocenters. The lowest BCUT2D eigenvalue weighted by Crippen LogP contribution is -2.49. The van der Waals surface area contributed by atoms with Crippen molar-refractivity contribution in [3.05, 3.63) is 58.1 Å². The van der Waals surface area contributed by atoms with E-state index in [4.69, 9.17) is 0 Å². The first kappa shape index (κ1) is 30.1. The van der Waals surface area contributed by atoms with Crippen molar-refractivity contribution in [2.24, 2.45) is 0 Å². The van der Waals surface area contributed by atoms with E-state index in [0.717, 1.165) is 18.2 Å². The summed E-state index contributed by atoms with van der Waals surface area (Å²) in [5, 5.41) is 7.02. The number of hydrogen-bond acceptors (Lipinski definition) is 6. The average molecular weight is 588 g/mol. The Morgan fingerprint density at radius 1 is 0.946 bits per heavy atom. The molecule has 0 saturated heterocycles. The highest BCUT2D eigenvalue weighted by Crippen LogP contribution is 2.54. The normalized spacial score (nSPS) is 13.4. The van der Waals surface area contributed by atoms with E-state index in [2.05, 4.69) is 0 Å². The maximum atomic E-state index is 13.8. The molecule has 7 nitrogen and oxygen atoms in total. The molecule has 0 saturated carbocycles. The Morgan fingerprint density at radius 2 is 1.51 bits per heavy atom. The predicted molar refractivity (Wildman–Crippen MR) is 107 cm³/mol. The Morgan fingerprint density at radius 3 is 2.03 bits per heavy atom. The zero-order valence-corrected chi connectivity index (χ0v) is 19.0. The molecule has 204 valence electrons. The van der Waals surface area contributed by atoms with Gasteiger partial charge in [0.2, 0.25) is 5.91 Å². The zero-order chi connectivity index (χ0) is 28.6. The molecule has 19 heteroatoms. The lowest BCUT2D eigenvalue weighted by Gasteiger charge is -2.28. The Hall–Kier alpha value is -3.09. The van der Waals surface area contributed by atoms with Crippen LogP contribution in [0.25, 0.3) is 0 Å².